The number of hydrogen-bond donors (Lipinski definition) is 2. The average molecular weight is 404 g/mol. The van der Waals surface area contributed by atoms with E-state index in [9.17, 15) is 23.2 Å². The zero-order valence-electron chi connectivity index (χ0n) is 16.5. The van der Waals surface area contributed by atoms with Crippen molar-refractivity contribution in [2.24, 2.45) is 5.73 Å². The molecule has 2 aromatic rings. The third kappa shape index (κ3) is 5.10. The number of rotatable bonds is 6. The Hall–Kier alpha value is -2.97. The molecule has 0 aliphatic rings. The van der Waals surface area contributed by atoms with Crippen LogP contribution in [0.5, 0.6) is 0 Å². The van der Waals surface area contributed by atoms with Gasteiger partial charge in [-0.1, -0.05) is 18.2 Å². The third-order valence-electron chi connectivity index (χ3n) is 4.90. The van der Waals surface area contributed by atoms with Gasteiger partial charge in [0, 0.05) is 6.07 Å². The van der Waals surface area contributed by atoms with Gasteiger partial charge in [0.1, 0.15) is 17.3 Å². The summed E-state index contributed by atoms with van der Waals surface area (Å²) >= 11 is 0. The van der Waals surface area contributed by atoms with Crippen molar-refractivity contribution in [2.75, 3.05) is 7.05 Å². The molecule has 0 bridgehead atoms. The summed E-state index contributed by atoms with van der Waals surface area (Å²) in [5.41, 5.74) is 6.12. The summed E-state index contributed by atoms with van der Waals surface area (Å²) in [7, 11) is 1.52. The topological polar surface area (TPSA) is 89.3 Å². The second-order valence-electron chi connectivity index (χ2n) is 7.08. The van der Waals surface area contributed by atoms with Crippen molar-refractivity contribution in [1.82, 2.24) is 9.80 Å². The average Bonchev–Trinajstić information content (AvgIpc) is 2.66. The van der Waals surface area contributed by atoms with E-state index in [0.29, 0.717) is 5.69 Å². The lowest BCUT2D eigenvalue weighted by Gasteiger charge is -2.36. The van der Waals surface area contributed by atoms with Crippen molar-refractivity contribution in [1.29, 1.82) is 0 Å². The number of likely N-dealkylation sites (N-methyl/N-ethyl adjacent to an activating group) is 1. The van der Waals surface area contributed by atoms with Crippen LogP contribution in [0.1, 0.15) is 19.4 Å². The van der Waals surface area contributed by atoms with Crippen LogP contribution < -0.4 is 15.5 Å². The lowest BCUT2D eigenvalue weighted by atomic mass is 10.1. The smallest absolute Gasteiger partial charge is 0.320 e. The van der Waals surface area contributed by atoms with Crippen LogP contribution in [-0.2, 0) is 20.8 Å². The fourth-order valence-corrected chi connectivity index (χ4v) is 2.95. The van der Waals surface area contributed by atoms with E-state index in [0.717, 1.165) is 18.2 Å². The molecule has 0 radical (unpaired) electrons. The van der Waals surface area contributed by atoms with E-state index in [1.807, 2.05) is 0 Å². The Morgan fingerprint density at radius 3 is 2.07 bits per heavy atom. The Balaban J connectivity index is 2.41. The molecule has 154 valence electrons. The third-order valence-corrected chi connectivity index (χ3v) is 4.90. The Morgan fingerprint density at radius 2 is 1.55 bits per heavy atom. The molecule has 29 heavy (non-hydrogen) atoms. The highest BCUT2D eigenvalue weighted by Gasteiger charge is 2.44. The van der Waals surface area contributed by atoms with Gasteiger partial charge in [0.2, 0.25) is 5.91 Å². The minimum Gasteiger partial charge on any atom is -0.320 e. The highest BCUT2D eigenvalue weighted by Crippen LogP contribution is 2.26. The number of hydrogen-bond acceptors (Lipinski definition) is 4. The number of para-hydroxylation sites is 1. The molecular weight excluding hydrogens is 380 g/mol. The van der Waals surface area contributed by atoms with E-state index in [2.05, 4.69) is 5.32 Å². The summed E-state index contributed by atoms with van der Waals surface area (Å²) in [4.78, 5) is 37.8. The maximum Gasteiger partial charge on any atom is 0.323 e. The number of halogens is 2. The second-order valence-corrected chi connectivity index (χ2v) is 7.08. The maximum absolute atomic E-state index is 13.5. The van der Waals surface area contributed by atoms with Crippen LogP contribution in [0.4, 0.5) is 14.5 Å². The first kappa shape index (κ1) is 22.3. The normalized spacial score (nSPS) is 15.1. The van der Waals surface area contributed by atoms with Gasteiger partial charge in [-0.05, 0) is 43.7 Å². The molecule has 0 aliphatic carbocycles. The van der Waals surface area contributed by atoms with Crippen molar-refractivity contribution in [3.63, 3.8) is 0 Å². The molecule has 0 heterocycles. The summed E-state index contributed by atoms with van der Waals surface area (Å²) in [6.07, 6.45) is -0.307. The standard InChI is InChI=1S/C21H23F2N3O3/c1-13(24)20(28)25-21(29)14(2)26(3,18-7-5-4-6-8-18)19(27)11-15-9-16(22)12-17(23)10-15/h4-10,12-14H,11,24H2,1-3H3/p+1/t13-,14-,26?/m0/s1. The predicted molar refractivity (Wildman–Crippen MR) is 105 cm³/mol. The van der Waals surface area contributed by atoms with Gasteiger partial charge in [0.05, 0.1) is 19.5 Å². The minimum atomic E-state index is -1.01. The van der Waals surface area contributed by atoms with Crippen LogP contribution in [0, 0.1) is 11.6 Å². The predicted octanol–water partition coefficient (Wildman–Crippen LogP) is 2.05. The molecule has 3 N–H and O–H groups in total. The van der Waals surface area contributed by atoms with Crippen LogP contribution in [0.2, 0.25) is 0 Å². The molecule has 0 spiro atoms. The first-order chi connectivity index (χ1) is 13.6. The first-order valence-corrected chi connectivity index (χ1v) is 9.06. The Bertz CT molecular complexity index is 898. The van der Waals surface area contributed by atoms with Crippen molar-refractivity contribution < 1.29 is 23.2 Å². The number of nitrogens with two attached hydrogens (primary N) is 1. The number of imide groups is 1. The SMILES string of the molecule is C[C@H](N)C(=O)NC(=O)[C@H](C)[N+](C)(C(=O)Cc1cc(F)cc(F)c1)c1ccccc1. The van der Waals surface area contributed by atoms with Gasteiger partial charge in [0.25, 0.3) is 5.91 Å². The fourth-order valence-electron chi connectivity index (χ4n) is 2.95. The zero-order valence-corrected chi connectivity index (χ0v) is 16.5. The second kappa shape index (κ2) is 9.02. The molecular formula is C21H24F2N3O3+. The Morgan fingerprint density at radius 1 is 1.00 bits per heavy atom. The minimum absolute atomic E-state index is 0.145. The monoisotopic (exact) mass is 404 g/mol. The molecule has 1 unspecified atom stereocenters. The van der Waals surface area contributed by atoms with Crippen LogP contribution in [0.15, 0.2) is 48.5 Å². The van der Waals surface area contributed by atoms with Gasteiger partial charge in [-0.15, -0.1) is 0 Å². The van der Waals surface area contributed by atoms with Crippen LogP contribution in [0.3, 0.4) is 0 Å². The molecule has 0 fully saturated rings. The molecule has 0 aliphatic heterocycles. The van der Waals surface area contributed by atoms with Crippen molar-refractivity contribution in [2.45, 2.75) is 32.4 Å². The highest BCUT2D eigenvalue weighted by atomic mass is 19.1. The quantitative estimate of drug-likeness (QED) is 0.722. The lowest BCUT2D eigenvalue weighted by Crippen LogP contribution is -2.63. The molecule has 0 saturated carbocycles. The molecule has 6 nitrogen and oxygen atoms in total. The summed E-state index contributed by atoms with van der Waals surface area (Å²) in [6.45, 7) is 2.93. The van der Waals surface area contributed by atoms with E-state index in [4.69, 9.17) is 5.73 Å². The van der Waals surface area contributed by atoms with Crippen LogP contribution in [0.25, 0.3) is 0 Å². The molecule has 8 heteroatoms. The van der Waals surface area contributed by atoms with Crippen molar-refractivity contribution >= 4 is 23.4 Å². The highest BCUT2D eigenvalue weighted by molar-refractivity contribution is 6.03. The summed E-state index contributed by atoms with van der Waals surface area (Å²) < 4.78 is 26.6. The lowest BCUT2D eigenvalue weighted by molar-refractivity contribution is -0.140. The van der Waals surface area contributed by atoms with E-state index in [1.165, 1.54) is 20.9 Å². The summed E-state index contributed by atoms with van der Waals surface area (Å²) in [5.74, 6) is -3.42. The molecule has 2 rings (SSSR count). The van der Waals surface area contributed by atoms with Crippen molar-refractivity contribution in [3.8, 4) is 0 Å². The van der Waals surface area contributed by atoms with Gasteiger partial charge in [-0.3, -0.25) is 14.9 Å². The zero-order chi connectivity index (χ0) is 21.8. The van der Waals surface area contributed by atoms with Gasteiger partial charge >= 0.3 is 5.91 Å². The number of quaternary nitrogens is 1. The maximum atomic E-state index is 13.5. The number of nitrogens with zero attached hydrogens (tertiary/aromatic N) is 1. The van der Waals surface area contributed by atoms with E-state index >= 15 is 0 Å². The number of carbonyl (C=O) groups is 3. The summed E-state index contributed by atoms with van der Waals surface area (Å²) in [6, 6.07) is 9.46. The number of nitrogens with one attached hydrogen (secondary N) is 1. The van der Waals surface area contributed by atoms with E-state index in [1.54, 1.807) is 30.3 Å². The molecule has 0 aromatic heterocycles. The Labute approximate surface area is 167 Å². The van der Waals surface area contributed by atoms with Crippen LogP contribution >= 0.6 is 0 Å². The first-order valence-electron chi connectivity index (χ1n) is 9.06. The van der Waals surface area contributed by atoms with Crippen molar-refractivity contribution in [3.05, 3.63) is 65.7 Å². The van der Waals surface area contributed by atoms with Crippen LogP contribution in [-0.4, -0.2) is 36.9 Å². The van der Waals surface area contributed by atoms with Gasteiger partial charge < -0.3 is 5.73 Å². The van der Waals surface area contributed by atoms with E-state index in [-0.39, 0.29) is 12.0 Å². The van der Waals surface area contributed by atoms with Gasteiger partial charge in [-0.2, -0.15) is 0 Å². The Kier molecular flexibility index (Phi) is 6.94. The number of benzene rings is 2. The fraction of sp³-hybridized carbons (Fsp3) is 0.286. The molecule has 2 aromatic carbocycles. The van der Waals surface area contributed by atoms with E-state index < -0.39 is 45.9 Å². The number of amides is 3. The molecule has 3 atom stereocenters. The van der Waals surface area contributed by atoms with Gasteiger partial charge in [0.15, 0.2) is 6.04 Å². The largest absolute Gasteiger partial charge is 0.323 e. The number of carbonyl (C=O) groups excluding carboxylic acids is 3. The molecule has 0 saturated heterocycles. The molecule has 3 amide bonds. The van der Waals surface area contributed by atoms with Gasteiger partial charge in [-0.25, -0.2) is 18.1 Å². The summed E-state index contributed by atoms with van der Waals surface area (Å²) in [5, 5.41) is 2.20.